The molecule has 0 radical (unpaired) electrons. The number of fused-ring (bicyclic) bond motifs is 2. The number of aliphatic hydroxyl groups is 1. The van der Waals surface area contributed by atoms with Crippen molar-refractivity contribution in [2.75, 3.05) is 0 Å². The molecule has 2 aliphatic rings. The van der Waals surface area contributed by atoms with E-state index < -0.39 is 5.60 Å². The van der Waals surface area contributed by atoms with Crippen molar-refractivity contribution in [1.82, 2.24) is 9.55 Å². The number of aromatic nitrogens is 2. The third-order valence-electron chi connectivity index (χ3n) is 5.03. The van der Waals surface area contributed by atoms with Crippen molar-refractivity contribution in [1.29, 1.82) is 0 Å². The van der Waals surface area contributed by atoms with E-state index in [4.69, 9.17) is 0 Å². The molecular formula is C16H18N2O. The molecule has 2 aromatic heterocycles. The molecular weight excluding hydrogens is 236 g/mol. The molecule has 98 valence electrons. The van der Waals surface area contributed by atoms with E-state index in [1.54, 1.807) is 6.20 Å². The van der Waals surface area contributed by atoms with Gasteiger partial charge in [0.2, 0.25) is 0 Å². The summed E-state index contributed by atoms with van der Waals surface area (Å²) in [6, 6.07) is 10.6. The zero-order chi connectivity index (χ0) is 12.9. The minimum Gasteiger partial charge on any atom is -0.383 e. The molecule has 3 nitrogen and oxygen atoms in total. The van der Waals surface area contributed by atoms with Crippen LogP contribution in [0, 0.1) is 11.8 Å². The van der Waals surface area contributed by atoms with Gasteiger partial charge in [-0.3, -0.25) is 4.98 Å². The zero-order valence-corrected chi connectivity index (χ0v) is 10.8. The van der Waals surface area contributed by atoms with Crippen LogP contribution >= 0.6 is 0 Å². The van der Waals surface area contributed by atoms with Crippen molar-refractivity contribution in [2.24, 2.45) is 11.8 Å². The first kappa shape index (κ1) is 11.2. The first-order chi connectivity index (χ1) is 9.27. The van der Waals surface area contributed by atoms with Crippen molar-refractivity contribution in [3.05, 3.63) is 54.6 Å². The van der Waals surface area contributed by atoms with E-state index in [-0.39, 0.29) is 0 Å². The Morgan fingerprint density at radius 3 is 2.63 bits per heavy atom. The van der Waals surface area contributed by atoms with Gasteiger partial charge in [-0.15, -0.1) is 0 Å². The smallest absolute Gasteiger partial charge is 0.110 e. The monoisotopic (exact) mass is 254 g/mol. The lowest BCUT2D eigenvalue weighted by Gasteiger charge is -2.35. The number of nitrogens with zero attached hydrogens (tertiary/aromatic N) is 2. The van der Waals surface area contributed by atoms with Crippen molar-refractivity contribution >= 4 is 0 Å². The first-order valence-corrected chi connectivity index (χ1v) is 7.04. The van der Waals surface area contributed by atoms with Crippen LogP contribution in [0.15, 0.2) is 48.9 Å². The number of rotatable bonds is 2. The average molecular weight is 254 g/mol. The lowest BCUT2D eigenvalue weighted by Crippen LogP contribution is -2.36. The SMILES string of the molecule is O[C@]1(c2ccccn2)C[C@H]2C[C@@H]1C[C@H]2n1cccc1. The summed E-state index contributed by atoms with van der Waals surface area (Å²) in [6.07, 6.45) is 9.10. The summed E-state index contributed by atoms with van der Waals surface area (Å²) >= 11 is 0. The molecule has 2 aliphatic carbocycles. The van der Waals surface area contributed by atoms with Crippen LogP contribution in [-0.4, -0.2) is 14.7 Å². The molecule has 2 saturated carbocycles. The normalized spacial score (nSPS) is 36.8. The molecule has 0 amide bonds. The van der Waals surface area contributed by atoms with Crippen LogP contribution in [0.25, 0.3) is 0 Å². The quantitative estimate of drug-likeness (QED) is 0.895. The number of hydrogen-bond acceptors (Lipinski definition) is 2. The van der Waals surface area contributed by atoms with Crippen molar-refractivity contribution in [3.63, 3.8) is 0 Å². The minimum atomic E-state index is -0.699. The second kappa shape index (κ2) is 3.94. The van der Waals surface area contributed by atoms with E-state index in [1.807, 2.05) is 18.2 Å². The van der Waals surface area contributed by atoms with Crippen LogP contribution in [0.4, 0.5) is 0 Å². The van der Waals surface area contributed by atoms with Gasteiger partial charge >= 0.3 is 0 Å². The van der Waals surface area contributed by atoms with Gasteiger partial charge in [0.15, 0.2) is 0 Å². The maximum Gasteiger partial charge on any atom is 0.110 e. The van der Waals surface area contributed by atoms with Gasteiger partial charge in [-0.1, -0.05) is 6.07 Å². The molecule has 2 fully saturated rings. The van der Waals surface area contributed by atoms with Crippen LogP contribution in [0.2, 0.25) is 0 Å². The van der Waals surface area contributed by atoms with Gasteiger partial charge in [0, 0.05) is 24.6 Å². The van der Waals surface area contributed by atoms with Crippen molar-refractivity contribution in [3.8, 4) is 0 Å². The van der Waals surface area contributed by atoms with Gasteiger partial charge in [-0.2, -0.15) is 0 Å². The summed E-state index contributed by atoms with van der Waals surface area (Å²) in [5.74, 6) is 0.921. The van der Waals surface area contributed by atoms with E-state index >= 15 is 0 Å². The van der Waals surface area contributed by atoms with Gasteiger partial charge in [0.1, 0.15) is 5.60 Å². The topological polar surface area (TPSA) is 38.1 Å². The van der Waals surface area contributed by atoms with Crippen LogP contribution < -0.4 is 0 Å². The molecule has 0 aromatic carbocycles. The molecule has 0 saturated heterocycles. The summed E-state index contributed by atoms with van der Waals surface area (Å²) < 4.78 is 2.31. The van der Waals surface area contributed by atoms with Gasteiger partial charge in [0.25, 0.3) is 0 Å². The van der Waals surface area contributed by atoms with Crippen LogP contribution in [0.1, 0.15) is 31.0 Å². The predicted molar refractivity (Wildman–Crippen MR) is 72.4 cm³/mol. The zero-order valence-electron chi connectivity index (χ0n) is 10.8. The Bertz CT molecular complexity index is 566. The lowest BCUT2D eigenvalue weighted by molar-refractivity contribution is -0.0314. The molecule has 0 unspecified atom stereocenters. The van der Waals surface area contributed by atoms with Crippen LogP contribution in [0.3, 0.4) is 0 Å². The summed E-state index contributed by atoms with van der Waals surface area (Å²) in [6.45, 7) is 0. The molecule has 4 atom stereocenters. The number of pyridine rings is 1. The van der Waals surface area contributed by atoms with E-state index in [2.05, 4.69) is 34.1 Å². The maximum absolute atomic E-state index is 11.0. The Hall–Kier alpha value is -1.61. The van der Waals surface area contributed by atoms with E-state index in [0.717, 1.165) is 25.0 Å². The van der Waals surface area contributed by atoms with E-state index in [0.29, 0.717) is 17.9 Å². The van der Waals surface area contributed by atoms with Crippen LogP contribution in [-0.2, 0) is 5.60 Å². The minimum absolute atomic E-state index is 0.347. The fourth-order valence-electron chi connectivity index (χ4n) is 4.15. The summed E-state index contributed by atoms with van der Waals surface area (Å²) in [4.78, 5) is 4.38. The van der Waals surface area contributed by atoms with Gasteiger partial charge < -0.3 is 9.67 Å². The Morgan fingerprint density at radius 1 is 1.16 bits per heavy atom. The standard InChI is InChI=1S/C16H18N2O/c19-16(15-5-1-2-6-17-15)11-12-9-13(16)10-14(12)18-7-3-4-8-18/h1-8,12-14,19H,9-11H2/t12-,13-,14-,16-/m1/s1. The van der Waals surface area contributed by atoms with E-state index in [1.165, 1.54) is 0 Å². The third kappa shape index (κ3) is 1.58. The molecule has 0 spiro atoms. The molecule has 19 heavy (non-hydrogen) atoms. The van der Waals surface area contributed by atoms with Crippen LogP contribution in [0.5, 0.6) is 0 Å². The van der Waals surface area contributed by atoms with Gasteiger partial charge in [-0.05, 0) is 55.4 Å². The van der Waals surface area contributed by atoms with Crippen molar-refractivity contribution in [2.45, 2.75) is 30.9 Å². The molecule has 2 heterocycles. The third-order valence-corrected chi connectivity index (χ3v) is 5.03. The maximum atomic E-state index is 11.0. The second-order valence-electron chi connectivity index (χ2n) is 5.97. The second-order valence-corrected chi connectivity index (χ2v) is 5.97. The predicted octanol–water partition coefficient (Wildman–Crippen LogP) is 2.74. The highest BCUT2D eigenvalue weighted by atomic mass is 16.3. The summed E-state index contributed by atoms with van der Waals surface area (Å²) in [5.41, 5.74) is 0.156. The Kier molecular flexibility index (Phi) is 2.33. The Labute approximate surface area is 112 Å². The largest absolute Gasteiger partial charge is 0.383 e. The molecule has 4 rings (SSSR count). The van der Waals surface area contributed by atoms with Crippen molar-refractivity contribution < 1.29 is 5.11 Å². The summed E-state index contributed by atoms with van der Waals surface area (Å²) in [5, 5.41) is 11.0. The molecule has 2 bridgehead atoms. The highest BCUT2D eigenvalue weighted by molar-refractivity contribution is 5.20. The molecule has 0 aliphatic heterocycles. The van der Waals surface area contributed by atoms with Gasteiger partial charge in [-0.25, -0.2) is 0 Å². The average Bonchev–Trinajstić information content (AvgIpc) is 3.14. The molecule has 3 heteroatoms. The molecule has 2 aromatic rings. The lowest BCUT2D eigenvalue weighted by atomic mass is 9.79. The Morgan fingerprint density at radius 2 is 2.00 bits per heavy atom. The molecule has 1 N–H and O–H groups in total. The number of hydrogen-bond donors (Lipinski definition) is 1. The summed E-state index contributed by atoms with van der Waals surface area (Å²) in [7, 11) is 0. The van der Waals surface area contributed by atoms with Gasteiger partial charge in [0.05, 0.1) is 5.69 Å². The highest BCUT2D eigenvalue weighted by Gasteiger charge is 2.56. The Balaban J connectivity index is 1.63. The fourth-order valence-corrected chi connectivity index (χ4v) is 4.15. The fraction of sp³-hybridized carbons (Fsp3) is 0.438. The first-order valence-electron chi connectivity index (χ1n) is 7.04. The van der Waals surface area contributed by atoms with E-state index in [9.17, 15) is 5.11 Å². The highest BCUT2D eigenvalue weighted by Crippen LogP contribution is 2.59.